The lowest BCUT2D eigenvalue weighted by Crippen LogP contribution is -2.40. The molecule has 3 atom stereocenters. The summed E-state index contributed by atoms with van der Waals surface area (Å²) in [5.74, 6) is 0.641. The molecule has 2 nitrogen and oxygen atoms in total. The SMILES string of the molecule is CCC(C)C(C)(O)C(C)CCOC. The summed E-state index contributed by atoms with van der Waals surface area (Å²) in [7, 11) is 1.70. The van der Waals surface area contributed by atoms with Crippen LogP contribution in [0.15, 0.2) is 0 Å². The van der Waals surface area contributed by atoms with E-state index in [1.807, 2.05) is 6.92 Å². The van der Waals surface area contributed by atoms with Gasteiger partial charge in [-0.25, -0.2) is 0 Å². The molecule has 0 heterocycles. The van der Waals surface area contributed by atoms with Gasteiger partial charge in [-0.1, -0.05) is 27.2 Å². The zero-order valence-corrected chi connectivity index (χ0v) is 9.63. The topological polar surface area (TPSA) is 29.5 Å². The van der Waals surface area contributed by atoms with Crippen LogP contribution < -0.4 is 0 Å². The zero-order valence-electron chi connectivity index (χ0n) is 9.63. The van der Waals surface area contributed by atoms with Gasteiger partial charge in [-0.3, -0.25) is 0 Å². The molecule has 0 amide bonds. The van der Waals surface area contributed by atoms with Gasteiger partial charge in [0.2, 0.25) is 0 Å². The van der Waals surface area contributed by atoms with Crippen molar-refractivity contribution in [1.82, 2.24) is 0 Å². The number of rotatable bonds is 6. The summed E-state index contributed by atoms with van der Waals surface area (Å²) < 4.78 is 5.01. The highest BCUT2D eigenvalue weighted by atomic mass is 16.5. The quantitative estimate of drug-likeness (QED) is 0.694. The number of hydrogen-bond donors (Lipinski definition) is 1. The Bertz CT molecular complexity index is 132. The fourth-order valence-electron chi connectivity index (χ4n) is 1.49. The van der Waals surface area contributed by atoms with E-state index in [2.05, 4.69) is 20.8 Å². The van der Waals surface area contributed by atoms with Crippen molar-refractivity contribution >= 4 is 0 Å². The zero-order chi connectivity index (χ0) is 10.5. The first-order valence-electron chi connectivity index (χ1n) is 5.18. The van der Waals surface area contributed by atoms with Crippen LogP contribution in [-0.4, -0.2) is 24.4 Å². The van der Waals surface area contributed by atoms with Gasteiger partial charge >= 0.3 is 0 Å². The predicted octanol–water partition coefficient (Wildman–Crippen LogP) is 2.46. The molecule has 0 aromatic heterocycles. The number of aliphatic hydroxyl groups is 1. The van der Waals surface area contributed by atoms with Gasteiger partial charge in [0.25, 0.3) is 0 Å². The minimum atomic E-state index is -0.562. The van der Waals surface area contributed by atoms with Crippen molar-refractivity contribution in [1.29, 1.82) is 0 Å². The highest BCUT2D eigenvalue weighted by Gasteiger charge is 2.32. The minimum Gasteiger partial charge on any atom is -0.390 e. The van der Waals surface area contributed by atoms with E-state index in [0.29, 0.717) is 11.8 Å². The van der Waals surface area contributed by atoms with Crippen LogP contribution in [0.4, 0.5) is 0 Å². The fraction of sp³-hybridized carbons (Fsp3) is 1.00. The molecule has 0 saturated carbocycles. The molecule has 13 heavy (non-hydrogen) atoms. The van der Waals surface area contributed by atoms with E-state index in [9.17, 15) is 5.11 Å². The largest absolute Gasteiger partial charge is 0.390 e. The Balaban J connectivity index is 4.09. The molecule has 3 unspecified atom stereocenters. The molecule has 0 bridgehead atoms. The van der Waals surface area contributed by atoms with Crippen LogP contribution in [0, 0.1) is 11.8 Å². The van der Waals surface area contributed by atoms with Crippen LogP contribution in [0.25, 0.3) is 0 Å². The number of hydrogen-bond acceptors (Lipinski definition) is 2. The summed E-state index contributed by atoms with van der Waals surface area (Å²) >= 11 is 0. The highest BCUT2D eigenvalue weighted by molar-refractivity contribution is 4.83. The van der Waals surface area contributed by atoms with Gasteiger partial charge in [-0.05, 0) is 25.2 Å². The second kappa shape index (κ2) is 5.61. The molecule has 80 valence electrons. The standard InChI is InChI=1S/C11H24O2/c1-6-9(2)11(4,12)10(3)7-8-13-5/h9-10,12H,6-8H2,1-5H3. The van der Waals surface area contributed by atoms with Crippen molar-refractivity contribution in [2.75, 3.05) is 13.7 Å². The predicted molar refractivity (Wildman–Crippen MR) is 55.7 cm³/mol. The fourth-order valence-corrected chi connectivity index (χ4v) is 1.49. The molecule has 0 aliphatic carbocycles. The molecule has 2 heteroatoms. The molecule has 0 rings (SSSR count). The van der Waals surface area contributed by atoms with Crippen molar-refractivity contribution in [3.8, 4) is 0 Å². The minimum absolute atomic E-state index is 0.294. The van der Waals surface area contributed by atoms with Crippen LogP contribution >= 0.6 is 0 Å². The van der Waals surface area contributed by atoms with E-state index in [1.54, 1.807) is 7.11 Å². The van der Waals surface area contributed by atoms with Crippen LogP contribution in [0.3, 0.4) is 0 Å². The van der Waals surface area contributed by atoms with E-state index in [-0.39, 0.29) is 0 Å². The van der Waals surface area contributed by atoms with Crippen molar-refractivity contribution in [2.45, 2.75) is 46.1 Å². The third-order valence-corrected chi connectivity index (χ3v) is 3.36. The lowest BCUT2D eigenvalue weighted by Gasteiger charge is -2.35. The average Bonchev–Trinajstić information content (AvgIpc) is 2.12. The van der Waals surface area contributed by atoms with E-state index in [4.69, 9.17) is 4.74 Å². The van der Waals surface area contributed by atoms with Crippen LogP contribution in [-0.2, 0) is 4.74 Å². The van der Waals surface area contributed by atoms with E-state index >= 15 is 0 Å². The second-order valence-corrected chi connectivity index (χ2v) is 4.22. The Hall–Kier alpha value is -0.0800. The second-order valence-electron chi connectivity index (χ2n) is 4.22. The van der Waals surface area contributed by atoms with Gasteiger partial charge in [-0.15, -0.1) is 0 Å². The van der Waals surface area contributed by atoms with Crippen LogP contribution in [0.2, 0.25) is 0 Å². The maximum absolute atomic E-state index is 10.2. The first kappa shape index (κ1) is 12.9. The Morgan fingerprint density at radius 1 is 1.31 bits per heavy atom. The molecule has 0 spiro atoms. The molecule has 0 aromatic rings. The molecule has 0 aromatic carbocycles. The van der Waals surface area contributed by atoms with Gasteiger partial charge in [0.1, 0.15) is 0 Å². The summed E-state index contributed by atoms with van der Waals surface area (Å²) in [6, 6.07) is 0. The van der Waals surface area contributed by atoms with Gasteiger partial charge in [-0.2, -0.15) is 0 Å². The van der Waals surface area contributed by atoms with E-state index in [1.165, 1.54) is 0 Å². The summed E-state index contributed by atoms with van der Waals surface area (Å²) in [4.78, 5) is 0. The van der Waals surface area contributed by atoms with Crippen molar-refractivity contribution in [3.63, 3.8) is 0 Å². The van der Waals surface area contributed by atoms with E-state index in [0.717, 1.165) is 19.4 Å². The Morgan fingerprint density at radius 3 is 2.23 bits per heavy atom. The van der Waals surface area contributed by atoms with Crippen LogP contribution in [0.1, 0.15) is 40.5 Å². The van der Waals surface area contributed by atoms with Crippen molar-refractivity contribution in [3.05, 3.63) is 0 Å². The summed E-state index contributed by atoms with van der Waals surface area (Å²) in [5, 5.41) is 10.2. The van der Waals surface area contributed by atoms with Crippen molar-refractivity contribution in [2.24, 2.45) is 11.8 Å². The third-order valence-electron chi connectivity index (χ3n) is 3.36. The lowest BCUT2D eigenvalue weighted by atomic mass is 9.77. The maximum Gasteiger partial charge on any atom is 0.0671 e. The molecule has 0 saturated heterocycles. The maximum atomic E-state index is 10.2. The van der Waals surface area contributed by atoms with Gasteiger partial charge in [0, 0.05) is 13.7 Å². The molecular formula is C11H24O2. The highest BCUT2D eigenvalue weighted by Crippen LogP contribution is 2.30. The monoisotopic (exact) mass is 188 g/mol. The Labute approximate surface area is 82.3 Å². The first-order valence-corrected chi connectivity index (χ1v) is 5.18. The normalized spacial score (nSPS) is 20.8. The number of methoxy groups -OCH3 is 1. The first-order chi connectivity index (χ1) is 5.96. The van der Waals surface area contributed by atoms with Crippen molar-refractivity contribution < 1.29 is 9.84 Å². The summed E-state index contributed by atoms with van der Waals surface area (Å²) in [6.07, 6.45) is 1.94. The smallest absolute Gasteiger partial charge is 0.0671 e. The molecule has 1 N–H and O–H groups in total. The Kier molecular flexibility index (Phi) is 5.57. The van der Waals surface area contributed by atoms with Gasteiger partial charge < -0.3 is 9.84 Å². The Morgan fingerprint density at radius 2 is 1.85 bits per heavy atom. The van der Waals surface area contributed by atoms with E-state index < -0.39 is 5.60 Å². The average molecular weight is 188 g/mol. The molecule has 0 radical (unpaired) electrons. The summed E-state index contributed by atoms with van der Waals surface area (Å²) in [6.45, 7) is 8.96. The van der Waals surface area contributed by atoms with Gasteiger partial charge in [0.15, 0.2) is 0 Å². The molecule has 0 fully saturated rings. The van der Waals surface area contributed by atoms with Gasteiger partial charge in [0.05, 0.1) is 5.60 Å². The molecule has 0 aliphatic rings. The van der Waals surface area contributed by atoms with Crippen LogP contribution in [0.5, 0.6) is 0 Å². The number of ether oxygens (including phenoxy) is 1. The third kappa shape index (κ3) is 3.65. The lowest BCUT2D eigenvalue weighted by molar-refractivity contribution is -0.0512. The summed E-state index contributed by atoms with van der Waals surface area (Å²) in [5.41, 5.74) is -0.562. The molecular weight excluding hydrogens is 164 g/mol. The molecule has 0 aliphatic heterocycles.